The van der Waals surface area contributed by atoms with Crippen LogP contribution >= 0.6 is 11.3 Å². The SMILES string of the molecule is CCNC(Cc1cc(F)ccc1F)c1sc(C)nc1C. The normalized spacial score (nSPS) is 12.7. The van der Waals surface area contributed by atoms with Crippen molar-refractivity contribution in [3.8, 4) is 0 Å². The molecule has 0 spiro atoms. The van der Waals surface area contributed by atoms with E-state index in [4.69, 9.17) is 0 Å². The zero-order chi connectivity index (χ0) is 14.7. The van der Waals surface area contributed by atoms with E-state index in [1.54, 1.807) is 11.3 Å². The fourth-order valence-electron chi connectivity index (χ4n) is 2.29. The molecule has 0 bridgehead atoms. The van der Waals surface area contributed by atoms with Gasteiger partial charge in [-0.15, -0.1) is 11.3 Å². The monoisotopic (exact) mass is 296 g/mol. The van der Waals surface area contributed by atoms with Crippen molar-refractivity contribution in [2.75, 3.05) is 6.54 Å². The number of aromatic nitrogens is 1. The maximum atomic E-state index is 13.8. The number of aryl methyl sites for hydroxylation is 2. The second-order valence-electron chi connectivity index (χ2n) is 4.73. The average Bonchev–Trinajstić information content (AvgIpc) is 2.72. The Labute approximate surface area is 121 Å². The summed E-state index contributed by atoms with van der Waals surface area (Å²) >= 11 is 1.60. The van der Waals surface area contributed by atoms with Gasteiger partial charge in [0.15, 0.2) is 0 Å². The van der Waals surface area contributed by atoms with E-state index < -0.39 is 5.82 Å². The van der Waals surface area contributed by atoms with Gasteiger partial charge in [0.25, 0.3) is 0 Å². The van der Waals surface area contributed by atoms with Crippen LogP contribution in [-0.4, -0.2) is 11.5 Å². The predicted molar refractivity (Wildman–Crippen MR) is 78.1 cm³/mol. The second-order valence-corrected chi connectivity index (χ2v) is 5.97. The fraction of sp³-hybridized carbons (Fsp3) is 0.400. The van der Waals surface area contributed by atoms with Gasteiger partial charge in [0, 0.05) is 10.9 Å². The maximum absolute atomic E-state index is 13.8. The average molecular weight is 296 g/mol. The molecule has 0 aliphatic rings. The molecule has 2 nitrogen and oxygen atoms in total. The lowest BCUT2D eigenvalue weighted by Gasteiger charge is -2.17. The van der Waals surface area contributed by atoms with Gasteiger partial charge in [-0.1, -0.05) is 6.92 Å². The van der Waals surface area contributed by atoms with Crippen molar-refractivity contribution in [3.63, 3.8) is 0 Å². The van der Waals surface area contributed by atoms with E-state index in [2.05, 4.69) is 10.3 Å². The number of hydrogen-bond donors (Lipinski definition) is 1. The minimum atomic E-state index is -0.408. The summed E-state index contributed by atoms with van der Waals surface area (Å²) < 4.78 is 27.1. The molecule has 1 heterocycles. The fourth-order valence-corrected chi connectivity index (χ4v) is 3.30. The maximum Gasteiger partial charge on any atom is 0.126 e. The number of hydrogen-bond acceptors (Lipinski definition) is 3. The molecule has 5 heteroatoms. The lowest BCUT2D eigenvalue weighted by atomic mass is 10.0. The van der Waals surface area contributed by atoms with Gasteiger partial charge in [0.05, 0.1) is 10.7 Å². The van der Waals surface area contributed by atoms with E-state index in [1.165, 1.54) is 12.1 Å². The molecule has 1 aromatic heterocycles. The first-order chi connectivity index (χ1) is 9.51. The van der Waals surface area contributed by atoms with E-state index in [-0.39, 0.29) is 11.9 Å². The minimum absolute atomic E-state index is 0.0394. The van der Waals surface area contributed by atoms with Crippen LogP contribution in [0.3, 0.4) is 0 Å². The molecule has 0 aliphatic carbocycles. The molecule has 0 saturated carbocycles. The van der Waals surface area contributed by atoms with E-state index in [0.717, 1.165) is 28.2 Å². The Morgan fingerprint density at radius 3 is 2.65 bits per heavy atom. The molecule has 1 aromatic carbocycles. The first kappa shape index (κ1) is 15.1. The number of halogens is 2. The van der Waals surface area contributed by atoms with Gasteiger partial charge in [0.1, 0.15) is 11.6 Å². The zero-order valence-corrected chi connectivity index (χ0v) is 12.7. The quantitative estimate of drug-likeness (QED) is 0.904. The third-order valence-electron chi connectivity index (χ3n) is 3.14. The predicted octanol–water partition coefficient (Wildman–Crippen LogP) is 3.93. The van der Waals surface area contributed by atoms with Crippen LogP contribution in [0.5, 0.6) is 0 Å². The van der Waals surface area contributed by atoms with E-state index >= 15 is 0 Å². The van der Waals surface area contributed by atoms with Gasteiger partial charge >= 0.3 is 0 Å². The minimum Gasteiger partial charge on any atom is -0.309 e. The first-order valence-electron chi connectivity index (χ1n) is 6.62. The molecular weight excluding hydrogens is 278 g/mol. The Kier molecular flexibility index (Phi) is 4.83. The Hall–Kier alpha value is -1.33. The van der Waals surface area contributed by atoms with Crippen LogP contribution in [0.4, 0.5) is 8.78 Å². The van der Waals surface area contributed by atoms with Crippen molar-refractivity contribution >= 4 is 11.3 Å². The second kappa shape index (κ2) is 6.41. The molecule has 0 radical (unpaired) electrons. The number of thiazole rings is 1. The van der Waals surface area contributed by atoms with Crippen LogP contribution in [0.15, 0.2) is 18.2 Å². The number of benzene rings is 1. The molecular formula is C15H18F2N2S. The molecule has 1 unspecified atom stereocenters. The van der Waals surface area contributed by atoms with E-state index in [9.17, 15) is 8.78 Å². The molecule has 0 saturated heterocycles. The summed E-state index contributed by atoms with van der Waals surface area (Å²) in [7, 11) is 0. The third kappa shape index (κ3) is 3.41. The highest BCUT2D eigenvalue weighted by Gasteiger charge is 2.19. The highest BCUT2D eigenvalue weighted by Crippen LogP contribution is 2.28. The lowest BCUT2D eigenvalue weighted by molar-refractivity contribution is 0.525. The van der Waals surface area contributed by atoms with E-state index in [0.29, 0.717) is 12.0 Å². The topological polar surface area (TPSA) is 24.9 Å². The highest BCUT2D eigenvalue weighted by atomic mass is 32.1. The van der Waals surface area contributed by atoms with Crippen LogP contribution < -0.4 is 5.32 Å². The molecule has 2 rings (SSSR count). The molecule has 1 atom stereocenters. The molecule has 0 fully saturated rings. The smallest absolute Gasteiger partial charge is 0.126 e. The van der Waals surface area contributed by atoms with Gasteiger partial charge in [-0.05, 0) is 50.6 Å². The van der Waals surface area contributed by atoms with Gasteiger partial charge in [-0.2, -0.15) is 0 Å². The Bertz CT molecular complexity index is 596. The van der Waals surface area contributed by atoms with Gasteiger partial charge < -0.3 is 5.32 Å². The summed E-state index contributed by atoms with van der Waals surface area (Å²) in [5, 5.41) is 4.32. The summed E-state index contributed by atoms with van der Waals surface area (Å²) in [4.78, 5) is 5.50. The van der Waals surface area contributed by atoms with Crippen molar-refractivity contribution < 1.29 is 8.78 Å². The summed E-state index contributed by atoms with van der Waals surface area (Å²) in [5.74, 6) is -0.776. The van der Waals surface area contributed by atoms with E-state index in [1.807, 2.05) is 20.8 Å². The molecule has 0 amide bonds. The van der Waals surface area contributed by atoms with Gasteiger partial charge in [-0.3, -0.25) is 0 Å². The molecule has 0 aliphatic heterocycles. The molecule has 108 valence electrons. The van der Waals surface area contributed by atoms with Crippen LogP contribution in [0.25, 0.3) is 0 Å². The van der Waals surface area contributed by atoms with Gasteiger partial charge in [-0.25, -0.2) is 13.8 Å². The van der Waals surface area contributed by atoms with Crippen molar-refractivity contribution in [1.29, 1.82) is 0 Å². The molecule has 20 heavy (non-hydrogen) atoms. The van der Waals surface area contributed by atoms with Crippen molar-refractivity contribution in [2.24, 2.45) is 0 Å². The Balaban J connectivity index is 2.30. The summed E-state index contributed by atoms with van der Waals surface area (Å²) in [6.07, 6.45) is 0.417. The number of nitrogens with one attached hydrogen (secondary N) is 1. The largest absolute Gasteiger partial charge is 0.309 e. The third-order valence-corrected chi connectivity index (χ3v) is 4.32. The van der Waals surface area contributed by atoms with Crippen molar-refractivity contribution in [2.45, 2.75) is 33.2 Å². The Morgan fingerprint density at radius 1 is 1.30 bits per heavy atom. The number of nitrogens with zero attached hydrogens (tertiary/aromatic N) is 1. The summed E-state index contributed by atoms with van der Waals surface area (Å²) in [5.41, 5.74) is 1.34. The van der Waals surface area contributed by atoms with Crippen LogP contribution in [-0.2, 0) is 6.42 Å². The zero-order valence-electron chi connectivity index (χ0n) is 11.8. The lowest BCUT2D eigenvalue weighted by Crippen LogP contribution is -2.23. The van der Waals surface area contributed by atoms with Crippen molar-refractivity contribution in [1.82, 2.24) is 10.3 Å². The summed E-state index contributed by atoms with van der Waals surface area (Å²) in [6, 6.07) is 3.55. The van der Waals surface area contributed by atoms with Crippen molar-refractivity contribution in [3.05, 3.63) is 51.0 Å². The molecule has 2 aromatic rings. The molecule has 1 N–H and O–H groups in total. The van der Waals surface area contributed by atoms with Crippen LogP contribution in [0.2, 0.25) is 0 Å². The Morgan fingerprint density at radius 2 is 2.05 bits per heavy atom. The summed E-state index contributed by atoms with van der Waals surface area (Å²) in [6.45, 7) is 6.66. The van der Waals surface area contributed by atoms with Crippen LogP contribution in [0.1, 0.15) is 34.1 Å². The first-order valence-corrected chi connectivity index (χ1v) is 7.44. The standard InChI is InChI=1S/C15H18F2N2S/c1-4-18-14(15-9(2)19-10(3)20-15)8-11-7-12(16)5-6-13(11)17/h5-7,14,18H,4,8H2,1-3H3. The number of likely N-dealkylation sites (N-methyl/N-ethyl adjacent to an activating group) is 1. The van der Waals surface area contributed by atoms with Gasteiger partial charge in [0.2, 0.25) is 0 Å². The van der Waals surface area contributed by atoms with Crippen LogP contribution in [0, 0.1) is 25.5 Å². The highest BCUT2D eigenvalue weighted by molar-refractivity contribution is 7.11. The number of rotatable bonds is 5.